The third-order valence-electron chi connectivity index (χ3n) is 1.95. The van der Waals surface area contributed by atoms with E-state index in [0.717, 1.165) is 0 Å². The molecule has 1 rings (SSSR count). The Morgan fingerprint density at radius 1 is 1.40 bits per heavy atom. The largest absolute Gasteiger partial charge is 0.481 e. The van der Waals surface area contributed by atoms with Crippen molar-refractivity contribution in [3.05, 3.63) is 33.8 Å². The number of carboxylic acid groups (broad SMARTS) is 1. The summed E-state index contributed by atoms with van der Waals surface area (Å²) in [4.78, 5) is 10.3. The summed E-state index contributed by atoms with van der Waals surface area (Å²) in [7, 11) is 0. The molecule has 0 saturated heterocycles. The van der Waals surface area contributed by atoms with Gasteiger partial charge in [-0.05, 0) is 24.6 Å². The molecule has 0 heterocycles. The van der Waals surface area contributed by atoms with Crippen LogP contribution in [0.1, 0.15) is 24.5 Å². The number of aliphatic carboxylic acids is 1. The van der Waals surface area contributed by atoms with Gasteiger partial charge in [-0.15, -0.1) is 0 Å². The molecule has 0 aromatic heterocycles. The van der Waals surface area contributed by atoms with Crippen LogP contribution in [0.15, 0.2) is 18.2 Å². The van der Waals surface area contributed by atoms with E-state index >= 15 is 0 Å². The third kappa shape index (κ3) is 3.70. The Kier molecular flexibility index (Phi) is 4.39. The van der Waals surface area contributed by atoms with Crippen LogP contribution in [0.3, 0.4) is 0 Å². The van der Waals surface area contributed by atoms with E-state index in [4.69, 9.17) is 28.3 Å². The third-order valence-corrected chi connectivity index (χ3v) is 2.53. The summed E-state index contributed by atoms with van der Waals surface area (Å²) in [6.07, 6.45) is -0.883. The van der Waals surface area contributed by atoms with Crippen molar-refractivity contribution in [2.75, 3.05) is 0 Å². The van der Waals surface area contributed by atoms with Gasteiger partial charge in [0.15, 0.2) is 0 Å². The average molecular weight is 249 g/mol. The molecule has 1 atom stereocenters. The molecule has 0 fully saturated rings. The van der Waals surface area contributed by atoms with Crippen LogP contribution < -0.4 is 0 Å². The van der Waals surface area contributed by atoms with E-state index in [2.05, 4.69) is 0 Å². The fourth-order valence-electron chi connectivity index (χ4n) is 1.19. The predicted octanol–water partition coefficient (Wildman–Crippen LogP) is 2.89. The molecule has 0 radical (unpaired) electrons. The van der Waals surface area contributed by atoms with Crippen molar-refractivity contribution >= 4 is 29.2 Å². The van der Waals surface area contributed by atoms with Gasteiger partial charge in [0.05, 0.1) is 6.10 Å². The number of aliphatic hydroxyl groups is 1. The number of hydrogen-bond donors (Lipinski definition) is 2. The Labute approximate surface area is 97.2 Å². The van der Waals surface area contributed by atoms with Crippen LogP contribution in [-0.2, 0) is 4.79 Å². The molecular formula is C10H10Cl2O3. The summed E-state index contributed by atoms with van der Waals surface area (Å²) in [5.74, 6) is -0.952. The summed E-state index contributed by atoms with van der Waals surface area (Å²) in [6, 6.07) is 4.72. The molecule has 1 aromatic carbocycles. The first kappa shape index (κ1) is 12.3. The molecule has 3 nitrogen and oxygen atoms in total. The van der Waals surface area contributed by atoms with Gasteiger partial charge in [-0.25, -0.2) is 0 Å². The number of halogens is 2. The first-order chi connectivity index (χ1) is 7.00. The van der Waals surface area contributed by atoms with Crippen molar-refractivity contribution in [3.63, 3.8) is 0 Å². The lowest BCUT2D eigenvalue weighted by atomic mass is 10.1. The van der Waals surface area contributed by atoms with Crippen molar-refractivity contribution in [1.29, 1.82) is 0 Å². The van der Waals surface area contributed by atoms with E-state index in [-0.39, 0.29) is 12.8 Å². The van der Waals surface area contributed by atoms with E-state index in [9.17, 15) is 9.90 Å². The second-order valence-corrected chi connectivity index (χ2v) is 3.96. The number of rotatable bonds is 4. The number of carboxylic acids is 1. The summed E-state index contributed by atoms with van der Waals surface area (Å²) >= 11 is 11.6. The highest BCUT2D eigenvalue weighted by Gasteiger charge is 2.13. The molecule has 82 valence electrons. The zero-order valence-corrected chi connectivity index (χ0v) is 9.29. The maximum atomic E-state index is 10.3. The average Bonchev–Trinajstić information content (AvgIpc) is 2.18. The van der Waals surface area contributed by atoms with Crippen LogP contribution >= 0.6 is 23.2 Å². The maximum absolute atomic E-state index is 10.3. The standard InChI is InChI=1S/C10H10Cl2O3/c11-6-1-2-8(12)7(5-6)9(13)3-4-10(14)15/h1-2,5,9,13H,3-4H2,(H,14,15). The van der Waals surface area contributed by atoms with Gasteiger partial charge < -0.3 is 10.2 Å². The van der Waals surface area contributed by atoms with E-state index in [1.807, 2.05) is 0 Å². The van der Waals surface area contributed by atoms with Crippen LogP contribution in [0.5, 0.6) is 0 Å². The molecule has 0 spiro atoms. The minimum atomic E-state index is -0.952. The highest BCUT2D eigenvalue weighted by atomic mass is 35.5. The molecule has 2 N–H and O–H groups in total. The van der Waals surface area contributed by atoms with Crippen LogP contribution in [0.25, 0.3) is 0 Å². The zero-order chi connectivity index (χ0) is 11.4. The molecular weight excluding hydrogens is 239 g/mol. The second kappa shape index (κ2) is 5.35. The minimum absolute atomic E-state index is 0.107. The van der Waals surface area contributed by atoms with Gasteiger partial charge in [0.2, 0.25) is 0 Å². The highest BCUT2D eigenvalue weighted by Crippen LogP contribution is 2.28. The van der Waals surface area contributed by atoms with Crippen LogP contribution in [-0.4, -0.2) is 16.2 Å². The van der Waals surface area contributed by atoms with Gasteiger partial charge in [-0.2, -0.15) is 0 Å². The summed E-state index contributed by atoms with van der Waals surface area (Å²) in [6.45, 7) is 0. The lowest BCUT2D eigenvalue weighted by Gasteiger charge is -2.11. The normalized spacial score (nSPS) is 12.5. The van der Waals surface area contributed by atoms with Crippen molar-refractivity contribution in [2.24, 2.45) is 0 Å². The van der Waals surface area contributed by atoms with Crippen molar-refractivity contribution in [1.82, 2.24) is 0 Å². The SMILES string of the molecule is O=C(O)CCC(O)c1cc(Cl)ccc1Cl. The van der Waals surface area contributed by atoms with Gasteiger partial charge in [0.1, 0.15) is 0 Å². The van der Waals surface area contributed by atoms with E-state index in [1.165, 1.54) is 6.07 Å². The van der Waals surface area contributed by atoms with Crippen molar-refractivity contribution in [2.45, 2.75) is 18.9 Å². The van der Waals surface area contributed by atoms with Gasteiger partial charge in [0.25, 0.3) is 0 Å². The molecule has 1 aromatic rings. The lowest BCUT2D eigenvalue weighted by molar-refractivity contribution is -0.137. The summed E-state index contributed by atoms with van der Waals surface area (Å²) in [5.41, 5.74) is 0.463. The Hall–Kier alpha value is -0.770. The van der Waals surface area contributed by atoms with Crippen LogP contribution in [0.4, 0.5) is 0 Å². The Bertz CT molecular complexity index is 366. The Balaban J connectivity index is 2.76. The smallest absolute Gasteiger partial charge is 0.303 e. The quantitative estimate of drug-likeness (QED) is 0.862. The molecule has 0 saturated carbocycles. The molecule has 0 aliphatic rings. The maximum Gasteiger partial charge on any atom is 0.303 e. The first-order valence-corrected chi connectivity index (χ1v) is 5.11. The van der Waals surface area contributed by atoms with Crippen LogP contribution in [0, 0.1) is 0 Å². The minimum Gasteiger partial charge on any atom is -0.481 e. The van der Waals surface area contributed by atoms with E-state index < -0.39 is 12.1 Å². The Morgan fingerprint density at radius 2 is 2.07 bits per heavy atom. The number of aliphatic hydroxyl groups excluding tert-OH is 1. The zero-order valence-electron chi connectivity index (χ0n) is 7.78. The monoisotopic (exact) mass is 248 g/mol. The lowest BCUT2D eigenvalue weighted by Crippen LogP contribution is -2.03. The fourth-order valence-corrected chi connectivity index (χ4v) is 1.61. The fraction of sp³-hybridized carbons (Fsp3) is 0.300. The number of carbonyl (C=O) groups is 1. The van der Waals surface area contributed by atoms with Gasteiger partial charge in [0, 0.05) is 22.0 Å². The molecule has 5 heteroatoms. The molecule has 15 heavy (non-hydrogen) atoms. The van der Waals surface area contributed by atoms with Crippen LogP contribution in [0.2, 0.25) is 10.0 Å². The van der Waals surface area contributed by atoms with Crippen molar-refractivity contribution in [3.8, 4) is 0 Å². The van der Waals surface area contributed by atoms with Crippen molar-refractivity contribution < 1.29 is 15.0 Å². The number of hydrogen-bond acceptors (Lipinski definition) is 2. The molecule has 0 aliphatic carbocycles. The molecule has 0 aliphatic heterocycles. The second-order valence-electron chi connectivity index (χ2n) is 3.11. The highest BCUT2D eigenvalue weighted by molar-refractivity contribution is 6.33. The molecule has 0 amide bonds. The van der Waals surface area contributed by atoms with E-state index in [1.54, 1.807) is 12.1 Å². The predicted molar refractivity (Wildman–Crippen MR) is 58.3 cm³/mol. The molecule has 1 unspecified atom stereocenters. The van der Waals surface area contributed by atoms with Gasteiger partial charge >= 0.3 is 5.97 Å². The summed E-state index contributed by atoms with van der Waals surface area (Å²) < 4.78 is 0. The topological polar surface area (TPSA) is 57.5 Å². The first-order valence-electron chi connectivity index (χ1n) is 4.35. The van der Waals surface area contributed by atoms with Gasteiger partial charge in [-0.3, -0.25) is 4.79 Å². The number of benzene rings is 1. The Morgan fingerprint density at radius 3 is 2.67 bits per heavy atom. The summed E-state index contributed by atoms with van der Waals surface area (Å²) in [5, 5.41) is 19.0. The molecule has 0 bridgehead atoms. The van der Waals surface area contributed by atoms with Gasteiger partial charge in [-0.1, -0.05) is 23.2 Å². The van der Waals surface area contributed by atoms with E-state index in [0.29, 0.717) is 15.6 Å².